The van der Waals surface area contributed by atoms with Crippen LogP contribution in [-0.4, -0.2) is 23.4 Å². The van der Waals surface area contributed by atoms with Gasteiger partial charge < -0.3 is 9.47 Å². The summed E-state index contributed by atoms with van der Waals surface area (Å²) in [6.07, 6.45) is 4.94. The monoisotopic (exact) mass is 241 g/mol. The predicted octanol–water partition coefficient (Wildman–Crippen LogP) is 1.46. The molecule has 2 heterocycles. The summed E-state index contributed by atoms with van der Waals surface area (Å²) in [4.78, 5) is 22.3. The van der Waals surface area contributed by atoms with Gasteiger partial charge in [-0.1, -0.05) is 0 Å². The highest BCUT2D eigenvalue weighted by Crippen LogP contribution is 2.41. The van der Waals surface area contributed by atoms with Gasteiger partial charge in [0.25, 0.3) is 0 Å². The lowest BCUT2D eigenvalue weighted by atomic mass is 9.81. The van der Waals surface area contributed by atoms with E-state index in [4.69, 9.17) is 9.47 Å². The average molecular weight is 241 g/mol. The molecule has 0 aliphatic carbocycles. The molecule has 0 aromatic heterocycles. The highest BCUT2D eigenvalue weighted by Gasteiger charge is 2.51. The number of piperidine rings is 2. The third-order valence-electron chi connectivity index (χ3n) is 3.46. The van der Waals surface area contributed by atoms with Crippen molar-refractivity contribution in [3.8, 4) is 0 Å². The molecule has 96 valence electrons. The lowest BCUT2D eigenvalue weighted by Crippen LogP contribution is -2.67. The molecule has 17 heavy (non-hydrogen) atoms. The molecule has 2 fully saturated rings. The number of rotatable bonds is 2. The zero-order valence-electron chi connectivity index (χ0n) is 10.4. The first kappa shape index (κ1) is 12.4. The minimum atomic E-state index is -0.627. The van der Waals surface area contributed by atoms with Crippen LogP contribution < -0.4 is 5.32 Å². The molecule has 2 aliphatic rings. The molecule has 2 saturated heterocycles. The fourth-order valence-electron chi connectivity index (χ4n) is 3.04. The topological polar surface area (TPSA) is 64.6 Å². The van der Waals surface area contributed by atoms with Crippen LogP contribution >= 0.6 is 0 Å². The molecule has 2 rings (SSSR count). The summed E-state index contributed by atoms with van der Waals surface area (Å²) >= 11 is 0. The van der Waals surface area contributed by atoms with Crippen molar-refractivity contribution >= 4 is 11.9 Å². The molecule has 0 aromatic rings. The molecule has 0 amide bonds. The van der Waals surface area contributed by atoms with Crippen LogP contribution in [-0.2, 0) is 19.1 Å². The van der Waals surface area contributed by atoms with Crippen LogP contribution in [0.2, 0.25) is 0 Å². The third-order valence-corrected chi connectivity index (χ3v) is 3.46. The van der Waals surface area contributed by atoms with E-state index < -0.39 is 11.4 Å². The van der Waals surface area contributed by atoms with Crippen molar-refractivity contribution in [2.24, 2.45) is 0 Å². The second-order valence-electron chi connectivity index (χ2n) is 5.01. The molecule has 0 unspecified atom stereocenters. The summed E-state index contributed by atoms with van der Waals surface area (Å²) in [6.45, 7) is 2.82. The highest BCUT2D eigenvalue weighted by molar-refractivity contribution is 5.67. The normalized spacial score (nSPS) is 36.1. The highest BCUT2D eigenvalue weighted by atomic mass is 16.6. The molecule has 1 N–H and O–H groups in total. The average Bonchev–Trinajstić information content (AvgIpc) is 2.13. The lowest BCUT2D eigenvalue weighted by molar-refractivity contribution is -0.214. The van der Waals surface area contributed by atoms with Crippen LogP contribution in [0, 0.1) is 0 Å². The van der Waals surface area contributed by atoms with Crippen molar-refractivity contribution in [3.63, 3.8) is 0 Å². The third kappa shape index (κ3) is 2.60. The zero-order chi connectivity index (χ0) is 12.5. The van der Waals surface area contributed by atoms with Crippen molar-refractivity contribution in [2.45, 2.75) is 63.8 Å². The fraction of sp³-hybridized carbons (Fsp3) is 0.833. The van der Waals surface area contributed by atoms with Crippen molar-refractivity contribution in [1.29, 1.82) is 0 Å². The van der Waals surface area contributed by atoms with Crippen LogP contribution in [0.3, 0.4) is 0 Å². The van der Waals surface area contributed by atoms with Gasteiger partial charge in [0, 0.05) is 39.5 Å². The summed E-state index contributed by atoms with van der Waals surface area (Å²) in [7, 11) is 0. The Morgan fingerprint density at radius 1 is 0.882 bits per heavy atom. The molecule has 0 saturated carbocycles. The van der Waals surface area contributed by atoms with Gasteiger partial charge in [0.1, 0.15) is 0 Å². The maximum Gasteiger partial charge on any atom is 0.304 e. The molecule has 0 spiro atoms. The fourth-order valence-corrected chi connectivity index (χ4v) is 3.04. The van der Waals surface area contributed by atoms with Gasteiger partial charge in [-0.15, -0.1) is 0 Å². The largest absolute Gasteiger partial charge is 0.444 e. The zero-order valence-corrected chi connectivity index (χ0v) is 10.4. The number of hydrogen-bond donors (Lipinski definition) is 1. The number of esters is 2. The Labute approximate surface area is 101 Å². The van der Waals surface area contributed by atoms with E-state index in [1.807, 2.05) is 0 Å². The quantitative estimate of drug-likeness (QED) is 0.741. The molecule has 2 bridgehead atoms. The van der Waals surface area contributed by atoms with Crippen LogP contribution in [0.1, 0.15) is 52.4 Å². The van der Waals surface area contributed by atoms with Crippen molar-refractivity contribution in [1.82, 2.24) is 5.32 Å². The van der Waals surface area contributed by atoms with Gasteiger partial charge in [0.05, 0.1) is 0 Å². The Morgan fingerprint density at radius 3 is 1.53 bits per heavy atom. The minimum Gasteiger partial charge on any atom is -0.444 e. The van der Waals surface area contributed by atoms with Crippen molar-refractivity contribution in [2.75, 3.05) is 0 Å². The van der Waals surface area contributed by atoms with Gasteiger partial charge in [-0.05, 0) is 12.8 Å². The Bertz CT molecular complexity index is 299. The van der Waals surface area contributed by atoms with Crippen molar-refractivity contribution in [3.05, 3.63) is 0 Å². The van der Waals surface area contributed by atoms with Crippen LogP contribution in [0.5, 0.6) is 0 Å². The summed E-state index contributed by atoms with van der Waals surface area (Å²) in [5.74, 6) is -0.587. The van der Waals surface area contributed by atoms with E-state index in [2.05, 4.69) is 5.32 Å². The second-order valence-corrected chi connectivity index (χ2v) is 5.01. The first-order valence-corrected chi connectivity index (χ1v) is 6.14. The maximum atomic E-state index is 11.2. The Balaban J connectivity index is 2.15. The van der Waals surface area contributed by atoms with E-state index in [1.54, 1.807) is 0 Å². The number of carbonyl (C=O) groups is 2. The second kappa shape index (κ2) is 4.29. The van der Waals surface area contributed by atoms with E-state index in [9.17, 15) is 9.59 Å². The summed E-state index contributed by atoms with van der Waals surface area (Å²) in [5.41, 5.74) is -1.25. The molecule has 5 nitrogen and oxygen atoms in total. The molecule has 0 atom stereocenters. The molecule has 2 aliphatic heterocycles. The number of hydrogen-bond acceptors (Lipinski definition) is 5. The van der Waals surface area contributed by atoms with E-state index in [0.717, 1.165) is 38.5 Å². The molecule has 5 heteroatoms. The lowest BCUT2D eigenvalue weighted by Gasteiger charge is -2.51. The van der Waals surface area contributed by atoms with Gasteiger partial charge in [-0.2, -0.15) is 0 Å². The van der Waals surface area contributed by atoms with Crippen LogP contribution in [0.15, 0.2) is 0 Å². The first-order valence-electron chi connectivity index (χ1n) is 6.14. The summed E-state index contributed by atoms with van der Waals surface area (Å²) in [6, 6.07) is 0. The summed E-state index contributed by atoms with van der Waals surface area (Å²) < 4.78 is 10.8. The number of carbonyl (C=O) groups excluding carboxylic acids is 2. The number of nitrogens with one attached hydrogen (secondary N) is 1. The smallest absolute Gasteiger partial charge is 0.304 e. The van der Waals surface area contributed by atoms with E-state index in [-0.39, 0.29) is 11.9 Å². The Hall–Kier alpha value is -1.10. The van der Waals surface area contributed by atoms with Gasteiger partial charge in [0.2, 0.25) is 0 Å². The van der Waals surface area contributed by atoms with Crippen LogP contribution in [0.25, 0.3) is 0 Å². The Morgan fingerprint density at radius 2 is 1.24 bits per heavy atom. The number of ether oxygens (including phenoxy) is 2. The van der Waals surface area contributed by atoms with Gasteiger partial charge in [-0.25, -0.2) is 5.32 Å². The van der Waals surface area contributed by atoms with E-state index >= 15 is 0 Å². The van der Waals surface area contributed by atoms with E-state index in [1.165, 1.54) is 13.8 Å². The Kier molecular flexibility index (Phi) is 3.12. The van der Waals surface area contributed by atoms with Gasteiger partial charge in [0.15, 0.2) is 11.4 Å². The molecule has 0 aromatic carbocycles. The molecular weight excluding hydrogens is 222 g/mol. The summed E-state index contributed by atoms with van der Waals surface area (Å²) in [5, 5.41) is 3.26. The van der Waals surface area contributed by atoms with E-state index in [0.29, 0.717) is 0 Å². The van der Waals surface area contributed by atoms with Crippen LogP contribution in [0.4, 0.5) is 0 Å². The van der Waals surface area contributed by atoms with Crippen molar-refractivity contribution < 1.29 is 19.1 Å². The number of fused-ring (bicyclic) bond motifs is 2. The van der Waals surface area contributed by atoms with Gasteiger partial charge in [-0.3, -0.25) is 9.59 Å². The standard InChI is InChI=1S/C12H19NO4/c1-9(14)16-11-5-3-7-12(13-11,8-4-6-11)17-10(2)15/h13H,3-8H2,1-2H3. The molecular formula is C12H19NO4. The predicted molar refractivity (Wildman–Crippen MR) is 59.8 cm³/mol. The molecule has 0 radical (unpaired) electrons. The maximum absolute atomic E-state index is 11.2. The first-order chi connectivity index (χ1) is 7.95. The SMILES string of the molecule is CC(=O)OC12CCCC(OC(C)=O)(CCC1)N2. The van der Waals surface area contributed by atoms with Gasteiger partial charge >= 0.3 is 11.9 Å². The minimum absolute atomic E-state index is 0.293.